The van der Waals surface area contributed by atoms with Gasteiger partial charge in [0.1, 0.15) is 0 Å². The zero-order chi connectivity index (χ0) is 8.97. The van der Waals surface area contributed by atoms with Gasteiger partial charge in [-0.05, 0) is 24.9 Å². The number of rotatable bonds is 3. The Bertz CT molecular complexity index is 157. The van der Waals surface area contributed by atoms with E-state index in [-0.39, 0.29) is 5.37 Å². The highest BCUT2D eigenvalue weighted by Gasteiger charge is 2.20. The van der Waals surface area contributed by atoms with Crippen LogP contribution in [0.5, 0.6) is 0 Å². The Morgan fingerprint density at radius 3 is 2.92 bits per heavy atom. The minimum absolute atomic E-state index is 0.357. The molecule has 70 valence electrons. The van der Waals surface area contributed by atoms with E-state index in [9.17, 15) is 4.79 Å². The van der Waals surface area contributed by atoms with Gasteiger partial charge < -0.3 is 9.64 Å². The summed E-state index contributed by atoms with van der Waals surface area (Å²) in [6.07, 6.45) is 1.04. The molecule has 12 heavy (non-hydrogen) atoms. The first-order valence-electron chi connectivity index (χ1n) is 4.26. The average Bonchev–Trinajstić information content (AvgIpc) is 2.51. The van der Waals surface area contributed by atoms with Crippen molar-refractivity contribution in [3.63, 3.8) is 0 Å². The molecule has 1 amide bonds. The zero-order valence-electron chi connectivity index (χ0n) is 7.25. The highest BCUT2D eigenvalue weighted by atomic mass is 35.5. The second-order valence-corrected chi connectivity index (χ2v) is 3.34. The third kappa shape index (κ3) is 2.64. The highest BCUT2D eigenvalue weighted by molar-refractivity contribution is 6.62. The van der Waals surface area contributed by atoms with Crippen molar-refractivity contribution >= 4 is 17.0 Å². The number of carbonyl (C=O) groups excluding carboxylic acids is 1. The van der Waals surface area contributed by atoms with E-state index in [1.54, 1.807) is 4.90 Å². The summed E-state index contributed by atoms with van der Waals surface area (Å²) in [6, 6.07) is 0. The van der Waals surface area contributed by atoms with E-state index in [2.05, 4.69) is 0 Å². The molecule has 0 aromatic rings. The van der Waals surface area contributed by atoms with Gasteiger partial charge >= 0.3 is 5.37 Å². The summed E-state index contributed by atoms with van der Waals surface area (Å²) in [7, 11) is 0. The Balaban J connectivity index is 2.30. The van der Waals surface area contributed by atoms with E-state index in [1.165, 1.54) is 0 Å². The molecule has 1 atom stereocenters. The van der Waals surface area contributed by atoms with Crippen LogP contribution in [0.3, 0.4) is 0 Å². The fraction of sp³-hybridized carbons (Fsp3) is 0.875. The topological polar surface area (TPSA) is 29.5 Å². The Labute approximate surface area is 77.6 Å². The molecule has 0 aromatic carbocycles. The zero-order valence-corrected chi connectivity index (χ0v) is 8.01. The lowest BCUT2D eigenvalue weighted by molar-refractivity contribution is 0.173. The lowest BCUT2D eigenvalue weighted by atomic mass is 10.1. The van der Waals surface area contributed by atoms with Gasteiger partial charge in [-0.15, -0.1) is 0 Å². The fourth-order valence-corrected chi connectivity index (χ4v) is 1.55. The monoisotopic (exact) mass is 191 g/mol. The molecule has 1 heterocycles. The largest absolute Gasteiger partial charge is 0.381 e. The molecule has 4 heteroatoms. The molecule has 1 unspecified atom stereocenters. The second-order valence-electron chi connectivity index (χ2n) is 3.02. The Morgan fingerprint density at radius 1 is 1.75 bits per heavy atom. The van der Waals surface area contributed by atoms with Crippen molar-refractivity contribution in [3.05, 3.63) is 0 Å². The molecule has 1 fully saturated rings. The summed E-state index contributed by atoms with van der Waals surface area (Å²) >= 11 is 5.37. The smallest absolute Gasteiger partial charge is 0.316 e. The minimum Gasteiger partial charge on any atom is -0.381 e. The number of hydrogen-bond donors (Lipinski definition) is 0. The van der Waals surface area contributed by atoms with Crippen molar-refractivity contribution in [1.29, 1.82) is 0 Å². The number of amides is 1. The first kappa shape index (κ1) is 9.81. The summed E-state index contributed by atoms with van der Waals surface area (Å²) in [6.45, 7) is 4.92. The lowest BCUT2D eigenvalue weighted by Crippen LogP contribution is -2.31. The van der Waals surface area contributed by atoms with Crippen LogP contribution in [0.1, 0.15) is 13.3 Å². The van der Waals surface area contributed by atoms with Crippen LogP contribution in [0.25, 0.3) is 0 Å². The first-order valence-corrected chi connectivity index (χ1v) is 4.64. The lowest BCUT2D eigenvalue weighted by Gasteiger charge is -2.20. The van der Waals surface area contributed by atoms with Crippen LogP contribution in [-0.4, -0.2) is 36.6 Å². The van der Waals surface area contributed by atoms with Gasteiger partial charge in [-0.25, -0.2) is 0 Å². The van der Waals surface area contributed by atoms with Crippen molar-refractivity contribution in [2.75, 3.05) is 26.3 Å². The van der Waals surface area contributed by atoms with E-state index in [0.717, 1.165) is 26.2 Å². The molecule has 1 aliphatic heterocycles. The SMILES string of the molecule is CCN(CC1CCOC1)C(=O)Cl. The molecule has 1 rings (SSSR count). The summed E-state index contributed by atoms with van der Waals surface area (Å²) < 4.78 is 5.20. The summed E-state index contributed by atoms with van der Waals surface area (Å²) in [4.78, 5) is 12.5. The van der Waals surface area contributed by atoms with Gasteiger partial charge in [-0.2, -0.15) is 0 Å². The van der Waals surface area contributed by atoms with Crippen LogP contribution in [0.15, 0.2) is 0 Å². The summed E-state index contributed by atoms with van der Waals surface area (Å²) in [5.74, 6) is 0.479. The van der Waals surface area contributed by atoms with Gasteiger partial charge in [0.2, 0.25) is 0 Å². The number of hydrogen-bond acceptors (Lipinski definition) is 2. The molecular formula is C8H14ClNO2. The Kier molecular flexibility index (Phi) is 3.82. The van der Waals surface area contributed by atoms with Crippen molar-refractivity contribution in [2.24, 2.45) is 5.92 Å². The first-order chi connectivity index (χ1) is 5.74. The maximum atomic E-state index is 10.8. The maximum absolute atomic E-state index is 10.8. The molecule has 0 saturated carbocycles. The van der Waals surface area contributed by atoms with Crippen molar-refractivity contribution in [3.8, 4) is 0 Å². The average molecular weight is 192 g/mol. The fourth-order valence-electron chi connectivity index (χ4n) is 1.36. The predicted molar refractivity (Wildman–Crippen MR) is 47.4 cm³/mol. The van der Waals surface area contributed by atoms with Gasteiger partial charge in [0.05, 0.1) is 6.61 Å². The van der Waals surface area contributed by atoms with E-state index in [0.29, 0.717) is 12.5 Å². The van der Waals surface area contributed by atoms with Gasteiger partial charge in [0.15, 0.2) is 0 Å². The number of carbonyl (C=O) groups is 1. The summed E-state index contributed by atoms with van der Waals surface area (Å²) in [5, 5.41) is -0.357. The maximum Gasteiger partial charge on any atom is 0.316 e. The molecule has 0 aliphatic carbocycles. The molecule has 0 bridgehead atoms. The van der Waals surface area contributed by atoms with Crippen molar-refractivity contribution in [1.82, 2.24) is 4.90 Å². The Hall–Kier alpha value is -0.280. The van der Waals surface area contributed by atoms with Crippen LogP contribution >= 0.6 is 11.6 Å². The second kappa shape index (κ2) is 4.67. The summed E-state index contributed by atoms with van der Waals surface area (Å²) in [5.41, 5.74) is 0. The van der Waals surface area contributed by atoms with Crippen molar-refractivity contribution in [2.45, 2.75) is 13.3 Å². The number of nitrogens with zero attached hydrogens (tertiary/aromatic N) is 1. The van der Waals surface area contributed by atoms with E-state index in [1.807, 2.05) is 6.92 Å². The standard InChI is InChI=1S/C8H14ClNO2/c1-2-10(8(9)11)5-7-3-4-12-6-7/h7H,2-6H2,1H3. The quantitative estimate of drug-likeness (QED) is 0.502. The van der Waals surface area contributed by atoms with Gasteiger partial charge in [-0.3, -0.25) is 4.79 Å². The highest BCUT2D eigenvalue weighted by Crippen LogP contribution is 2.14. The number of halogens is 1. The minimum atomic E-state index is -0.357. The van der Waals surface area contributed by atoms with Crippen LogP contribution in [0, 0.1) is 5.92 Å². The van der Waals surface area contributed by atoms with Crippen molar-refractivity contribution < 1.29 is 9.53 Å². The van der Waals surface area contributed by atoms with Crippen LogP contribution in [0.2, 0.25) is 0 Å². The third-order valence-electron chi connectivity index (χ3n) is 2.13. The molecule has 0 N–H and O–H groups in total. The molecule has 0 radical (unpaired) electrons. The molecule has 1 saturated heterocycles. The predicted octanol–water partition coefficient (Wildman–Crippen LogP) is 1.70. The van der Waals surface area contributed by atoms with Crippen LogP contribution in [-0.2, 0) is 4.74 Å². The van der Waals surface area contributed by atoms with E-state index >= 15 is 0 Å². The molecular weight excluding hydrogens is 178 g/mol. The molecule has 1 aliphatic rings. The van der Waals surface area contributed by atoms with Gasteiger partial charge in [0, 0.05) is 25.6 Å². The van der Waals surface area contributed by atoms with Gasteiger partial charge in [-0.1, -0.05) is 0 Å². The molecule has 3 nitrogen and oxygen atoms in total. The normalized spacial score (nSPS) is 22.7. The van der Waals surface area contributed by atoms with Gasteiger partial charge in [0.25, 0.3) is 0 Å². The van der Waals surface area contributed by atoms with E-state index in [4.69, 9.17) is 16.3 Å². The van der Waals surface area contributed by atoms with E-state index < -0.39 is 0 Å². The number of ether oxygens (including phenoxy) is 1. The molecule has 0 aromatic heterocycles. The van der Waals surface area contributed by atoms with Crippen LogP contribution < -0.4 is 0 Å². The molecule has 0 spiro atoms. The van der Waals surface area contributed by atoms with Crippen LogP contribution in [0.4, 0.5) is 4.79 Å². The third-order valence-corrected chi connectivity index (χ3v) is 2.37. The Morgan fingerprint density at radius 2 is 2.50 bits per heavy atom.